The Hall–Kier alpha value is -2.46. The van der Waals surface area contributed by atoms with Gasteiger partial charge in [0.05, 0.1) is 24.0 Å². The van der Waals surface area contributed by atoms with E-state index in [2.05, 4.69) is 0 Å². The highest BCUT2D eigenvalue weighted by atomic mass is 32.2. The van der Waals surface area contributed by atoms with E-state index in [-0.39, 0.29) is 40.8 Å². The number of carbonyl (C=O) groups excluding carboxylic acids is 3. The summed E-state index contributed by atoms with van der Waals surface area (Å²) in [5, 5.41) is 0. The Kier molecular flexibility index (Phi) is 8.80. The summed E-state index contributed by atoms with van der Waals surface area (Å²) < 4.78 is 31.7. The third kappa shape index (κ3) is 6.07. The fraction of sp³-hybridized carbons (Fsp3) is 0.591. The van der Waals surface area contributed by atoms with Gasteiger partial charge < -0.3 is 14.5 Å². The number of hydrogen-bond acceptors (Lipinski definition) is 6. The average Bonchev–Trinajstić information content (AvgIpc) is 2.78. The maximum atomic E-state index is 12.8. The van der Waals surface area contributed by atoms with E-state index in [0.29, 0.717) is 32.5 Å². The van der Waals surface area contributed by atoms with Crippen molar-refractivity contribution in [3.63, 3.8) is 0 Å². The zero-order valence-corrected chi connectivity index (χ0v) is 20.2. The predicted molar refractivity (Wildman–Crippen MR) is 119 cm³/mol. The zero-order chi connectivity index (χ0) is 24.1. The Balaban J connectivity index is 2.01. The summed E-state index contributed by atoms with van der Waals surface area (Å²) in [4.78, 5) is 40.3. The highest BCUT2D eigenvalue weighted by molar-refractivity contribution is 7.89. The first-order chi connectivity index (χ1) is 15.0. The van der Waals surface area contributed by atoms with E-state index in [1.54, 1.807) is 25.7 Å². The van der Waals surface area contributed by atoms with Crippen LogP contribution >= 0.6 is 0 Å². The summed E-state index contributed by atoms with van der Waals surface area (Å²) >= 11 is 0. The molecule has 0 radical (unpaired) electrons. The monoisotopic (exact) mass is 467 g/mol. The largest absolute Gasteiger partial charge is 0.466 e. The van der Waals surface area contributed by atoms with Crippen LogP contribution in [0.3, 0.4) is 0 Å². The van der Waals surface area contributed by atoms with E-state index >= 15 is 0 Å². The minimum Gasteiger partial charge on any atom is -0.466 e. The molecule has 1 aromatic carbocycles. The van der Waals surface area contributed by atoms with E-state index in [0.717, 1.165) is 0 Å². The fourth-order valence-electron chi connectivity index (χ4n) is 3.45. The summed E-state index contributed by atoms with van der Waals surface area (Å²) in [6.45, 7) is 6.35. The van der Waals surface area contributed by atoms with Crippen molar-refractivity contribution in [3.8, 4) is 0 Å². The smallest absolute Gasteiger partial charge is 0.309 e. The van der Waals surface area contributed by atoms with Crippen LogP contribution in [0.25, 0.3) is 0 Å². The summed E-state index contributed by atoms with van der Waals surface area (Å²) in [6, 6.07) is 5.60. The molecule has 1 fully saturated rings. The van der Waals surface area contributed by atoms with Crippen molar-refractivity contribution in [1.82, 2.24) is 14.1 Å². The number of likely N-dealkylation sites (N-methyl/N-ethyl adjacent to an activating group) is 1. The zero-order valence-electron chi connectivity index (χ0n) is 19.4. The second-order valence-electron chi connectivity index (χ2n) is 8.21. The molecule has 1 aliphatic rings. The van der Waals surface area contributed by atoms with Crippen LogP contribution in [0.1, 0.15) is 44.0 Å². The van der Waals surface area contributed by atoms with Crippen molar-refractivity contribution in [2.24, 2.45) is 5.92 Å². The Morgan fingerprint density at radius 1 is 1.16 bits per heavy atom. The van der Waals surface area contributed by atoms with Gasteiger partial charge in [-0.25, -0.2) is 8.42 Å². The topological polar surface area (TPSA) is 104 Å². The number of ether oxygens (including phenoxy) is 1. The van der Waals surface area contributed by atoms with Crippen LogP contribution in [-0.2, 0) is 24.3 Å². The van der Waals surface area contributed by atoms with Crippen LogP contribution in [0.5, 0.6) is 0 Å². The molecule has 1 aliphatic heterocycles. The first-order valence-electron chi connectivity index (χ1n) is 10.8. The lowest BCUT2D eigenvalue weighted by Gasteiger charge is -2.32. The second kappa shape index (κ2) is 10.9. The van der Waals surface area contributed by atoms with Crippen molar-refractivity contribution in [1.29, 1.82) is 0 Å². The van der Waals surface area contributed by atoms with Gasteiger partial charge in [-0.2, -0.15) is 4.31 Å². The van der Waals surface area contributed by atoms with Crippen molar-refractivity contribution >= 4 is 27.8 Å². The lowest BCUT2D eigenvalue weighted by Crippen LogP contribution is -2.45. The summed E-state index contributed by atoms with van der Waals surface area (Å²) in [5.41, 5.74) is 0.194. The molecule has 0 aliphatic carbocycles. The normalized spacial score (nSPS) is 15.2. The quantitative estimate of drug-likeness (QED) is 0.538. The molecule has 0 saturated carbocycles. The van der Waals surface area contributed by atoms with Crippen molar-refractivity contribution in [3.05, 3.63) is 29.8 Å². The molecule has 1 saturated heterocycles. The molecular weight excluding hydrogens is 434 g/mol. The summed E-state index contributed by atoms with van der Waals surface area (Å²) in [6.07, 6.45) is 1.07. The van der Waals surface area contributed by atoms with Gasteiger partial charge in [-0.1, -0.05) is 6.07 Å². The van der Waals surface area contributed by atoms with E-state index in [1.165, 1.54) is 47.6 Å². The lowest BCUT2D eigenvalue weighted by molar-refractivity contribution is -0.151. The van der Waals surface area contributed by atoms with Crippen LogP contribution in [0.2, 0.25) is 0 Å². The van der Waals surface area contributed by atoms with Crippen LogP contribution < -0.4 is 0 Å². The molecule has 0 bridgehead atoms. The molecule has 32 heavy (non-hydrogen) atoms. The van der Waals surface area contributed by atoms with Gasteiger partial charge in [0.15, 0.2) is 0 Å². The van der Waals surface area contributed by atoms with Gasteiger partial charge in [-0.05, 0) is 51.8 Å². The SMILES string of the molecule is CCOC(=O)C1CCN(C(=O)CN(C)C(=O)c2cccc(S(=O)(=O)N(C)C(C)C)c2)CC1. The van der Waals surface area contributed by atoms with Crippen LogP contribution in [0, 0.1) is 5.92 Å². The van der Waals surface area contributed by atoms with E-state index in [9.17, 15) is 22.8 Å². The maximum Gasteiger partial charge on any atom is 0.309 e. The Bertz CT molecular complexity index is 939. The third-order valence-electron chi connectivity index (χ3n) is 5.67. The van der Waals surface area contributed by atoms with E-state index in [4.69, 9.17) is 4.74 Å². The van der Waals surface area contributed by atoms with Crippen molar-refractivity contribution < 1.29 is 27.5 Å². The Labute approximate surface area is 190 Å². The van der Waals surface area contributed by atoms with Gasteiger partial charge in [0.2, 0.25) is 15.9 Å². The number of rotatable bonds is 8. The number of piperidine rings is 1. The van der Waals surface area contributed by atoms with Crippen LogP contribution in [0.4, 0.5) is 0 Å². The molecule has 9 nitrogen and oxygen atoms in total. The first-order valence-corrected chi connectivity index (χ1v) is 12.2. The molecule has 0 unspecified atom stereocenters. The van der Waals surface area contributed by atoms with Crippen LogP contribution in [0.15, 0.2) is 29.2 Å². The lowest BCUT2D eigenvalue weighted by atomic mass is 9.97. The van der Waals surface area contributed by atoms with Gasteiger partial charge in [0.1, 0.15) is 0 Å². The van der Waals surface area contributed by atoms with Gasteiger partial charge in [-0.3, -0.25) is 14.4 Å². The first kappa shape index (κ1) is 25.8. The Morgan fingerprint density at radius 3 is 2.34 bits per heavy atom. The molecule has 2 amide bonds. The number of likely N-dealkylation sites (tertiary alicyclic amines) is 1. The molecule has 2 rings (SSSR count). The molecule has 178 valence electrons. The number of amides is 2. The number of nitrogens with zero attached hydrogens (tertiary/aromatic N) is 3. The van der Waals surface area contributed by atoms with E-state index < -0.39 is 15.9 Å². The summed E-state index contributed by atoms with van der Waals surface area (Å²) in [5.74, 6) is -1.09. The number of carbonyl (C=O) groups is 3. The fourth-order valence-corrected chi connectivity index (χ4v) is 4.87. The molecule has 0 spiro atoms. The highest BCUT2D eigenvalue weighted by Crippen LogP contribution is 2.20. The van der Waals surface area contributed by atoms with Crippen molar-refractivity contribution in [2.45, 2.75) is 44.6 Å². The Morgan fingerprint density at radius 2 is 1.78 bits per heavy atom. The van der Waals surface area contributed by atoms with Gasteiger partial charge in [0.25, 0.3) is 5.91 Å². The standard InChI is InChI=1S/C22H33N3O6S/c1-6-31-22(28)17-10-12-25(13-11-17)20(26)15-23(4)21(27)18-8-7-9-19(14-18)32(29,30)24(5)16(2)3/h7-9,14,16-17H,6,10-13,15H2,1-5H3. The molecular formula is C22H33N3O6S. The highest BCUT2D eigenvalue weighted by Gasteiger charge is 2.29. The summed E-state index contributed by atoms with van der Waals surface area (Å²) in [7, 11) is -0.730. The van der Waals surface area contributed by atoms with Gasteiger partial charge >= 0.3 is 5.97 Å². The van der Waals surface area contributed by atoms with Crippen molar-refractivity contribution in [2.75, 3.05) is 40.3 Å². The minimum atomic E-state index is -3.73. The molecule has 1 aromatic rings. The number of sulfonamides is 1. The van der Waals surface area contributed by atoms with Gasteiger partial charge in [-0.15, -0.1) is 0 Å². The molecule has 0 atom stereocenters. The van der Waals surface area contributed by atoms with Crippen LogP contribution in [-0.4, -0.2) is 86.7 Å². The number of hydrogen-bond donors (Lipinski definition) is 0. The molecule has 0 N–H and O–H groups in total. The second-order valence-corrected chi connectivity index (χ2v) is 10.2. The minimum absolute atomic E-state index is 0.0281. The van der Waals surface area contributed by atoms with E-state index in [1.807, 2.05) is 0 Å². The molecule has 10 heteroatoms. The number of esters is 1. The van der Waals surface area contributed by atoms with Gasteiger partial charge in [0, 0.05) is 38.8 Å². The predicted octanol–water partition coefficient (Wildman–Crippen LogP) is 1.59. The molecule has 0 aromatic heterocycles. The average molecular weight is 468 g/mol. The number of benzene rings is 1. The molecule has 1 heterocycles. The third-order valence-corrected chi connectivity index (χ3v) is 7.70. The maximum absolute atomic E-state index is 12.8.